The van der Waals surface area contributed by atoms with Crippen LogP contribution in [0.1, 0.15) is 33.1 Å². The Bertz CT molecular complexity index is 746. The van der Waals surface area contributed by atoms with Crippen molar-refractivity contribution in [3.63, 3.8) is 0 Å². The molecule has 5 aliphatic rings. The van der Waals surface area contributed by atoms with Crippen LogP contribution < -0.4 is 10.6 Å². The van der Waals surface area contributed by atoms with Gasteiger partial charge in [0, 0.05) is 44.1 Å². The van der Waals surface area contributed by atoms with E-state index in [1.54, 1.807) is 7.05 Å². The van der Waals surface area contributed by atoms with E-state index in [1.165, 1.54) is 4.90 Å². The fourth-order valence-electron chi connectivity index (χ4n) is 6.59. The van der Waals surface area contributed by atoms with Crippen molar-refractivity contribution >= 4 is 17.8 Å². The van der Waals surface area contributed by atoms with Crippen molar-refractivity contribution in [3.8, 4) is 0 Å². The molecule has 2 bridgehead atoms. The molecule has 4 fully saturated rings. The number of nitrogens with one attached hydrogen (secondary N) is 2. The standard InChI is InChI=1S/C22H32N4O3/c1-22(2)17(14-7-10-29-18(14)22)25-21(23-3)24-8-4-9-26-19(27)15-12-5-6-13(11-12)16(15)20(26)28/h5-6,12-18H,4,7-11H2,1-3H3,(H2,23,24,25). The van der Waals surface area contributed by atoms with E-state index in [0.717, 1.165) is 31.8 Å². The third kappa shape index (κ3) is 2.76. The summed E-state index contributed by atoms with van der Waals surface area (Å²) in [5.41, 5.74) is 0.0956. The van der Waals surface area contributed by atoms with E-state index in [2.05, 4.69) is 41.6 Å². The third-order valence-electron chi connectivity index (χ3n) is 8.03. The van der Waals surface area contributed by atoms with Gasteiger partial charge in [0.05, 0.1) is 17.9 Å². The molecule has 2 saturated carbocycles. The van der Waals surface area contributed by atoms with Gasteiger partial charge in [0.25, 0.3) is 0 Å². The van der Waals surface area contributed by atoms with Gasteiger partial charge in [-0.05, 0) is 31.1 Å². The summed E-state index contributed by atoms with van der Waals surface area (Å²) in [5.74, 6) is 1.79. The second kappa shape index (κ2) is 6.83. The van der Waals surface area contributed by atoms with E-state index in [9.17, 15) is 9.59 Å². The number of aliphatic imine (C=N–C) groups is 1. The molecule has 0 radical (unpaired) electrons. The van der Waals surface area contributed by atoms with Crippen molar-refractivity contribution in [1.29, 1.82) is 0 Å². The molecule has 0 aromatic rings. The predicted octanol–water partition coefficient (Wildman–Crippen LogP) is 1.16. The molecule has 3 aliphatic carbocycles. The second-order valence-electron chi connectivity index (χ2n) is 9.87. The van der Waals surface area contributed by atoms with Gasteiger partial charge in [-0.15, -0.1) is 0 Å². The Kier molecular flexibility index (Phi) is 4.49. The molecule has 2 aliphatic heterocycles. The lowest BCUT2D eigenvalue weighted by Gasteiger charge is -2.54. The van der Waals surface area contributed by atoms with Crippen LogP contribution in [-0.2, 0) is 14.3 Å². The van der Waals surface area contributed by atoms with Crippen LogP contribution in [0.15, 0.2) is 17.1 Å². The van der Waals surface area contributed by atoms with Crippen LogP contribution in [0, 0.1) is 35.0 Å². The Morgan fingerprint density at radius 3 is 2.59 bits per heavy atom. The van der Waals surface area contributed by atoms with Gasteiger partial charge >= 0.3 is 0 Å². The predicted molar refractivity (Wildman–Crippen MR) is 109 cm³/mol. The van der Waals surface area contributed by atoms with Crippen molar-refractivity contribution in [2.75, 3.05) is 26.7 Å². The molecule has 7 unspecified atom stereocenters. The van der Waals surface area contributed by atoms with Gasteiger partial charge in [0.2, 0.25) is 11.8 Å². The first-order chi connectivity index (χ1) is 13.9. The number of fused-ring (bicyclic) bond motifs is 6. The highest BCUT2D eigenvalue weighted by atomic mass is 16.5. The van der Waals surface area contributed by atoms with E-state index in [1.807, 2.05) is 0 Å². The fourth-order valence-corrected chi connectivity index (χ4v) is 6.59. The monoisotopic (exact) mass is 400 g/mol. The smallest absolute Gasteiger partial charge is 0.233 e. The molecule has 29 heavy (non-hydrogen) atoms. The van der Waals surface area contributed by atoms with Crippen molar-refractivity contribution in [3.05, 3.63) is 12.2 Å². The maximum Gasteiger partial charge on any atom is 0.233 e. The van der Waals surface area contributed by atoms with Gasteiger partial charge in [0.1, 0.15) is 0 Å². The van der Waals surface area contributed by atoms with Gasteiger partial charge in [-0.3, -0.25) is 19.5 Å². The summed E-state index contributed by atoms with van der Waals surface area (Å²) in [6, 6.07) is 0.352. The summed E-state index contributed by atoms with van der Waals surface area (Å²) in [5, 5.41) is 6.92. The second-order valence-corrected chi connectivity index (χ2v) is 9.87. The molecule has 7 nitrogen and oxygen atoms in total. The molecular formula is C22H32N4O3. The van der Waals surface area contributed by atoms with Crippen molar-refractivity contribution in [1.82, 2.24) is 15.5 Å². The van der Waals surface area contributed by atoms with E-state index in [0.29, 0.717) is 31.2 Å². The van der Waals surface area contributed by atoms with Gasteiger partial charge < -0.3 is 15.4 Å². The molecule has 2 saturated heterocycles. The van der Waals surface area contributed by atoms with Crippen LogP contribution in [0.3, 0.4) is 0 Å². The van der Waals surface area contributed by atoms with Crippen molar-refractivity contribution in [2.45, 2.75) is 45.3 Å². The minimum Gasteiger partial charge on any atom is -0.377 e. The average Bonchev–Trinajstić information content (AvgIpc) is 3.46. The first-order valence-electron chi connectivity index (χ1n) is 11.1. The molecule has 158 valence electrons. The maximum atomic E-state index is 12.7. The number of likely N-dealkylation sites (tertiary alicyclic amines) is 1. The van der Waals surface area contributed by atoms with Crippen LogP contribution in [0.4, 0.5) is 0 Å². The van der Waals surface area contributed by atoms with Crippen molar-refractivity contribution in [2.24, 2.45) is 40.0 Å². The van der Waals surface area contributed by atoms with Gasteiger partial charge in [-0.25, -0.2) is 0 Å². The van der Waals surface area contributed by atoms with Crippen LogP contribution in [0.2, 0.25) is 0 Å². The number of hydrogen-bond donors (Lipinski definition) is 2. The lowest BCUT2D eigenvalue weighted by molar-refractivity contribution is -0.140. The highest BCUT2D eigenvalue weighted by Crippen LogP contribution is 2.53. The summed E-state index contributed by atoms with van der Waals surface area (Å²) in [6.45, 7) is 6.50. The Morgan fingerprint density at radius 2 is 1.93 bits per heavy atom. The summed E-state index contributed by atoms with van der Waals surface area (Å²) >= 11 is 0. The number of carbonyl (C=O) groups excluding carboxylic acids is 2. The summed E-state index contributed by atoms with van der Waals surface area (Å²) < 4.78 is 5.86. The summed E-state index contributed by atoms with van der Waals surface area (Å²) in [4.78, 5) is 31.4. The molecule has 0 spiro atoms. The zero-order chi connectivity index (χ0) is 20.3. The molecule has 0 aromatic heterocycles. The first kappa shape index (κ1) is 19.1. The molecule has 2 heterocycles. The number of ether oxygens (including phenoxy) is 1. The number of amides is 2. The fraction of sp³-hybridized carbons (Fsp3) is 0.773. The zero-order valence-corrected chi connectivity index (χ0v) is 17.6. The maximum absolute atomic E-state index is 12.7. The Morgan fingerprint density at radius 1 is 1.24 bits per heavy atom. The molecule has 2 amide bonds. The number of rotatable bonds is 5. The zero-order valence-electron chi connectivity index (χ0n) is 17.6. The van der Waals surface area contributed by atoms with Crippen LogP contribution >= 0.6 is 0 Å². The van der Waals surface area contributed by atoms with Gasteiger partial charge in [0.15, 0.2) is 5.96 Å². The minimum atomic E-state index is -0.0951. The Labute approximate surface area is 172 Å². The Hall–Kier alpha value is -1.89. The summed E-state index contributed by atoms with van der Waals surface area (Å²) in [7, 11) is 1.78. The normalized spacial score (nSPS) is 41.6. The number of imide groups is 1. The lowest BCUT2D eigenvalue weighted by Crippen LogP contribution is -2.68. The average molecular weight is 401 g/mol. The van der Waals surface area contributed by atoms with Crippen molar-refractivity contribution < 1.29 is 14.3 Å². The molecule has 2 N–H and O–H groups in total. The highest BCUT2D eigenvalue weighted by molar-refractivity contribution is 6.06. The highest BCUT2D eigenvalue weighted by Gasteiger charge is 2.60. The van der Waals surface area contributed by atoms with Crippen LogP contribution in [0.25, 0.3) is 0 Å². The quantitative estimate of drug-likeness (QED) is 0.238. The topological polar surface area (TPSA) is 83.0 Å². The molecule has 0 aromatic carbocycles. The third-order valence-corrected chi connectivity index (χ3v) is 8.03. The Balaban J connectivity index is 1.10. The molecule has 7 atom stereocenters. The SMILES string of the molecule is CN=C(NCCCN1C(=O)C2C3C=CC(C3)C2C1=O)NC1C2CCOC2C1(C)C. The van der Waals surface area contributed by atoms with E-state index < -0.39 is 0 Å². The first-order valence-corrected chi connectivity index (χ1v) is 11.1. The van der Waals surface area contributed by atoms with Crippen LogP contribution in [0.5, 0.6) is 0 Å². The van der Waals surface area contributed by atoms with E-state index in [-0.39, 0.29) is 40.9 Å². The number of carbonyl (C=O) groups is 2. The number of guanidine groups is 1. The molecule has 5 rings (SSSR count). The minimum absolute atomic E-state index is 0.0443. The number of hydrogen-bond acceptors (Lipinski definition) is 4. The van der Waals surface area contributed by atoms with Crippen LogP contribution in [-0.4, -0.2) is 61.6 Å². The summed E-state index contributed by atoms with van der Waals surface area (Å²) in [6.07, 6.45) is 7.42. The van der Waals surface area contributed by atoms with Gasteiger partial charge in [-0.2, -0.15) is 0 Å². The van der Waals surface area contributed by atoms with E-state index >= 15 is 0 Å². The largest absolute Gasteiger partial charge is 0.377 e. The number of nitrogens with zero attached hydrogens (tertiary/aromatic N) is 2. The lowest BCUT2D eigenvalue weighted by atomic mass is 9.57. The van der Waals surface area contributed by atoms with Gasteiger partial charge in [-0.1, -0.05) is 26.0 Å². The molecule has 7 heteroatoms. The van der Waals surface area contributed by atoms with E-state index in [4.69, 9.17) is 4.74 Å². The number of allylic oxidation sites excluding steroid dienone is 2. The molecular weight excluding hydrogens is 368 g/mol.